The van der Waals surface area contributed by atoms with Crippen molar-refractivity contribution in [3.8, 4) is 11.4 Å². The molecule has 3 nitrogen and oxygen atoms in total. The molecule has 2 heterocycles. The number of pyridine rings is 1. The second kappa shape index (κ2) is 4.46. The van der Waals surface area contributed by atoms with E-state index in [0.29, 0.717) is 0 Å². The molecule has 1 N–H and O–H groups in total. The fraction of sp³-hybridized carbons (Fsp3) is 0.143. The third-order valence-electron chi connectivity index (χ3n) is 2.96. The first-order chi connectivity index (χ1) is 8.78. The van der Waals surface area contributed by atoms with Gasteiger partial charge in [-0.05, 0) is 36.9 Å². The summed E-state index contributed by atoms with van der Waals surface area (Å²) in [6, 6.07) is 10.4. The molecule has 3 rings (SSSR count). The maximum absolute atomic E-state index is 4.53. The summed E-state index contributed by atoms with van der Waals surface area (Å²) < 4.78 is 0. The van der Waals surface area contributed by atoms with E-state index in [4.69, 9.17) is 0 Å². The second-order valence-corrected chi connectivity index (χ2v) is 5.02. The van der Waals surface area contributed by atoms with E-state index in [9.17, 15) is 0 Å². The lowest BCUT2D eigenvalue weighted by Crippen LogP contribution is -1.80. The van der Waals surface area contributed by atoms with Crippen molar-refractivity contribution >= 4 is 22.9 Å². The van der Waals surface area contributed by atoms with Crippen molar-refractivity contribution in [1.29, 1.82) is 0 Å². The maximum Gasteiger partial charge on any atom is 0.178 e. The first-order valence-corrected chi connectivity index (χ1v) is 6.96. The monoisotopic (exact) mass is 255 g/mol. The topological polar surface area (TPSA) is 41.6 Å². The molecule has 0 saturated carbocycles. The third-order valence-corrected chi connectivity index (χ3v) is 3.71. The average Bonchev–Trinajstić information content (AvgIpc) is 2.84. The first kappa shape index (κ1) is 11.3. The molecule has 0 spiro atoms. The van der Waals surface area contributed by atoms with Gasteiger partial charge in [0.05, 0.1) is 5.52 Å². The van der Waals surface area contributed by atoms with Crippen molar-refractivity contribution in [3.63, 3.8) is 0 Å². The Bertz CT molecular complexity index is 686. The van der Waals surface area contributed by atoms with E-state index in [0.717, 1.165) is 22.6 Å². The first-order valence-electron chi connectivity index (χ1n) is 5.73. The predicted octanol–water partition coefficient (Wildman–Crippen LogP) is 3.66. The summed E-state index contributed by atoms with van der Waals surface area (Å²) in [6.45, 7) is 2.06. The zero-order valence-corrected chi connectivity index (χ0v) is 11.1. The average molecular weight is 255 g/mol. The molecule has 0 aliphatic rings. The SMILES string of the molecule is CSc1ccc(-c2nc3nccc(C)c3[nH]2)cc1. The van der Waals surface area contributed by atoms with Crippen LogP contribution in [0.1, 0.15) is 5.56 Å². The highest BCUT2D eigenvalue weighted by molar-refractivity contribution is 7.98. The smallest absolute Gasteiger partial charge is 0.178 e. The number of benzene rings is 1. The minimum Gasteiger partial charge on any atom is -0.336 e. The number of hydrogen-bond donors (Lipinski definition) is 1. The van der Waals surface area contributed by atoms with Crippen LogP contribution in [0, 0.1) is 6.92 Å². The fourth-order valence-electron chi connectivity index (χ4n) is 1.92. The van der Waals surface area contributed by atoms with E-state index in [1.54, 1.807) is 18.0 Å². The molecule has 0 aliphatic heterocycles. The van der Waals surface area contributed by atoms with E-state index in [1.165, 1.54) is 10.5 Å². The standard InChI is InChI=1S/C14H13N3S/c1-9-7-8-15-14-12(9)16-13(17-14)10-3-5-11(18-2)6-4-10/h3-8H,1-2H3,(H,15,16,17). The van der Waals surface area contributed by atoms with Gasteiger partial charge in [-0.3, -0.25) is 0 Å². The number of hydrogen-bond acceptors (Lipinski definition) is 3. The van der Waals surface area contributed by atoms with Crippen LogP contribution in [0.3, 0.4) is 0 Å². The molecule has 0 bridgehead atoms. The fourth-order valence-corrected chi connectivity index (χ4v) is 2.33. The minimum absolute atomic E-state index is 0.777. The van der Waals surface area contributed by atoms with Crippen LogP contribution < -0.4 is 0 Å². The molecule has 0 saturated heterocycles. The Kier molecular flexibility index (Phi) is 2.80. The van der Waals surface area contributed by atoms with E-state index in [2.05, 4.69) is 52.4 Å². The van der Waals surface area contributed by atoms with Crippen LogP contribution >= 0.6 is 11.8 Å². The number of aromatic amines is 1. The van der Waals surface area contributed by atoms with Crippen molar-refractivity contribution in [2.24, 2.45) is 0 Å². The summed E-state index contributed by atoms with van der Waals surface area (Å²) in [4.78, 5) is 13.4. The molecule has 0 aliphatic carbocycles. The Morgan fingerprint density at radius 1 is 1.11 bits per heavy atom. The molecular weight excluding hydrogens is 242 g/mol. The number of imidazole rings is 1. The van der Waals surface area contributed by atoms with Crippen LogP contribution in [0.2, 0.25) is 0 Å². The lowest BCUT2D eigenvalue weighted by molar-refractivity contribution is 1.29. The Hall–Kier alpha value is -1.81. The molecule has 0 unspecified atom stereocenters. The van der Waals surface area contributed by atoms with Crippen LogP contribution in [0.5, 0.6) is 0 Å². The van der Waals surface area contributed by atoms with Crippen molar-refractivity contribution < 1.29 is 0 Å². The van der Waals surface area contributed by atoms with Gasteiger partial charge in [0.15, 0.2) is 5.65 Å². The summed E-state index contributed by atoms with van der Waals surface area (Å²) in [5.41, 5.74) is 4.05. The van der Waals surface area contributed by atoms with Crippen molar-refractivity contribution in [1.82, 2.24) is 15.0 Å². The van der Waals surface area contributed by atoms with Gasteiger partial charge in [0.1, 0.15) is 5.82 Å². The number of thioether (sulfide) groups is 1. The molecule has 0 fully saturated rings. The number of nitrogens with zero attached hydrogens (tertiary/aromatic N) is 2. The Balaban J connectivity index is 2.10. The number of H-pyrrole nitrogens is 1. The summed E-state index contributed by atoms with van der Waals surface area (Å²) in [5.74, 6) is 0.874. The van der Waals surface area contributed by atoms with Gasteiger partial charge < -0.3 is 4.98 Å². The Labute approximate surface area is 110 Å². The highest BCUT2D eigenvalue weighted by atomic mass is 32.2. The summed E-state index contributed by atoms with van der Waals surface area (Å²) in [6.07, 6.45) is 3.86. The summed E-state index contributed by atoms with van der Waals surface area (Å²) in [7, 11) is 0. The van der Waals surface area contributed by atoms with Crippen molar-refractivity contribution in [2.75, 3.05) is 6.26 Å². The van der Waals surface area contributed by atoms with Crippen molar-refractivity contribution in [2.45, 2.75) is 11.8 Å². The van der Waals surface area contributed by atoms with Crippen LogP contribution in [0.4, 0.5) is 0 Å². The number of nitrogens with one attached hydrogen (secondary N) is 1. The maximum atomic E-state index is 4.53. The van der Waals surface area contributed by atoms with Gasteiger partial charge in [0, 0.05) is 16.7 Å². The van der Waals surface area contributed by atoms with E-state index in [1.807, 2.05) is 6.07 Å². The number of fused-ring (bicyclic) bond motifs is 1. The van der Waals surface area contributed by atoms with Gasteiger partial charge in [-0.2, -0.15) is 0 Å². The van der Waals surface area contributed by atoms with E-state index >= 15 is 0 Å². The zero-order chi connectivity index (χ0) is 12.5. The van der Waals surface area contributed by atoms with E-state index in [-0.39, 0.29) is 0 Å². The highest BCUT2D eigenvalue weighted by Crippen LogP contribution is 2.23. The van der Waals surface area contributed by atoms with Gasteiger partial charge in [-0.25, -0.2) is 9.97 Å². The minimum atomic E-state index is 0.777. The molecule has 4 heteroatoms. The zero-order valence-electron chi connectivity index (χ0n) is 10.3. The normalized spacial score (nSPS) is 11.0. The van der Waals surface area contributed by atoms with Gasteiger partial charge in [0.25, 0.3) is 0 Å². The van der Waals surface area contributed by atoms with Gasteiger partial charge in [-0.1, -0.05) is 12.1 Å². The van der Waals surface area contributed by atoms with Crippen LogP contribution in [0.25, 0.3) is 22.6 Å². The van der Waals surface area contributed by atoms with Gasteiger partial charge in [0.2, 0.25) is 0 Å². The molecule has 2 aromatic heterocycles. The Morgan fingerprint density at radius 2 is 1.89 bits per heavy atom. The molecule has 3 aromatic rings. The van der Waals surface area contributed by atoms with Crippen LogP contribution in [-0.2, 0) is 0 Å². The molecule has 18 heavy (non-hydrogen) atoms. The molecule has 0 atom stereocenters. The largest absolute Gasteiger partial charge is 0.336 e. The lowest BCUT2D eigenvalue weighted by Gasteiger charge is -1.98. The summed E-state index contributed by atoms with van der Waals surface area (Å²) in [5, 5.41) is 0. The molecule has 90 valence electrons. The lowest BCUT2D eigenvalue weighted by atomic mass is 10.2. The van der Waals surface area contributed by atoms with E-state index < -0.39 is 0 Å². The molecule has 0 amide bonds. The van der Waals surface area contributed by atoms with Crippen molar-refractivity contribution in [3.05, 3.63) is 42.1 Å². The Morgan fingerprint density at radius 3 is 2.56 bits per heavy atom. The second-order valence-electron chi connectivity index (χ2n) is 4.14. The van der Waals surface area contributed by atoms with Crippen LogP contribution in [0.15, 0.2) is 41.4 Å². The number of aromatic nitrogens is 3. The molecule has 0 radical (unpaired) electrons. The van der Waals surface area contributed by atoms with Gasteiger partial charge in [-0.15, -0.1) is 11.8 Å². The molecular formula is C14H13N3S. The number of aryl methyl sites for hydroxylation is 1. The summed E-state index contributed by atoms with van der Waals surface area (Å²) >= 11 is 1.74. The molecule has 1 aromatic carbocycles. The third kappa shape index (κ3) is 1.88. The van der Waals surface area contributed by atoms with Gasteiger partial charge >= 0.3 is 0 Å². The van der Waals surface area contributed by atoms with Crippen LogP contribution in [-0.4, -0.2) is 21.2 Å². The highest BCUT2D eigenvalue weighted by Gasteiger charge is 2.07. The predicted molar refractivity (Wildman–Crippen MR) is 75.8 cm³/mol. The number of rotatable bonds is 2. The quantitative estimate of drug-likeness (QED) is 0.711.